The second-order valence-electron chi connectivity index (χ2n) is 4.90. The smallest absolute Gasteiger partial charge is 0.280 e. The number of hydrogen-bond acceptors (Lipinski definition) is 5. The number of carbonyl (C=O) groups is 1. The first-order chi connectivity index (χ1) is 11.6. The number of anilines is 2. The summed E-state index contributed by atoms with van der Waals surface area (Å²) in [5.41, 5.74) is 6.96. The number of ether oxygens (including phenoxy) is 1. The van der Waals surface area contributed by atoms with Crippen molar-refractivity contribution in [2.45, 2.75) is 0 Å². The van der Waals surface area contributed by atoms with Crippen LogP contribution in [0.25, 0.3) is 5.69 Å². The lowest BCUT2D eigenvalue weighted by atomic mass is 10.3. The maximum absolute atomic E-state index is 13.0. The Morgan fingerprint density at radius 2 is 2.00 bits per heavy atom. The van der Waals surface area contributed by atoms with Gasteiger partial charge in [-0.25, -0.2) is 4.39 Å². The zero-order valence-electron chi connectivity index (χ0n) is 12.7. The van der Waals surface area contributed by atoms with Gasteiger partial charge >= 0.3 is 0 Å². The summed E-state index contributed by atoms with van der Waals surface area (Å²) in [6, 6.07) is 12.4. The molecule has 3 N–H and O–H groups in total. The molecule has 7 nitrogen and oxygen atoms in total. The molecule has 0 aliphatic carbocycles. The van der Waals surface area contributed by atoms with Crippen LogP contribution in [0.5, 0.6) is 5.75 Å². The third kappa shape index (κ3) is 3.02. The van der Waals surface area contributed by atoms with Crippen LogP contribution >= 0.6 is 0 Å². The summed E-state index contributed by atoms with van der Waals surface area (Å²) in [5, 5.41) is 10.3. The molecule has 0 aliphatic heterocycles. The minimum absolute atomic E-state index is 0.0258. The summed E-state index contributed by atoms with van der Waals surface area (Å²) >= 11 is 0. The molecule has 1 amide bonds. The number of amides is 1. The van der Waals surface area contributed by atoms with Crippen molar-refractivity contribution in [3.8, 4) is 11.4 Å². The molecule has 0 fully saturated rings. The first-order valence-corrected chi connectivity index (χ1v) is 7.01. The van der Waals surface area contributed by atoms with Gasteiger partial charge in [0.1, 0.15) is 11.6 Å². The predicted octanol–water partition coefficient (Wildman–Crippen LogP) is 2.25. The van der Waals surface area contributed by atoms with Crippen LogP contribution in [-0.2, 0) is 0 Å². The Labute approximate surface area is 136 Å². The van der Waals surface area contributed by atoms with Crippen molar-refractivity contribution < 1.29 is 13.9 Å². The van der Waals surface area contributed by atoms with Crippen LogP contribution in [-0.4, -0.2) is 28.0 Å². The van der Waals surface area contributed by atoms with Gasteiger partial charge in [0.2, 0.25) is 0 Å². The van der Waals surface area contributed by atoms with Gasteiger partial charge in [-0.05, 0) is 36.4 Å². The van der Waals surface area contributed by atoms with Crippen LogP contribution in [0.15, 0.2) is 48.5 Å². The molecule has 0 aliphatic rings. The van der Waals surface area contributed by atoms with Gasteiger partial charge in [0.15, 0.2) is 11.5 Å². The highest BCUT2D eigenvalue weighted by atomic mass is 19.1. The largest absolute Gasteiger partial charge is 0.497 e. The number of methoxy groups -OCH3 is 1. The molecule has 1 aromatic heterocycles. The number of nitrogen functional groups attached to an aromatic ring is 1. The molecule has 2 aromatic carbocycles. The van der Waals surface area contributed by atoms with E-state index in [2.05, 4.69) is 15.6 Å². The summed E-state index contributed by atoms with van der Waals surface area (Å²) in [6.45, 7) is 0. The molecule has 24 heavy (non-hydrogen) atoms. The molecule has 0 saturated heterocycles. The number of nitrogens with two attached hydrogens (primary N) is 1. The molecular weight excluding hydrogens is 313 g/mol. The average Bonchev–Trinajstić information content (AvgIpc) is 2.97. The van der Waals surface area contributed by atoms with Gasteiger partial charge in [-0.1, -0.05) is 11.3 Å². The highest BCUT2D eigenvalue weighted by molar-refractivity contribution is 6.05. The molecular formula is C16H14FN5O2. The van der Waals surface area contributed by atoms with Crippen LogP contribution in [0, 0.1) is 5.82 Å². The van der Waals surface area contributed by atoms with Crippen LogP contribution in [0.1, 0.15) is 10.5 Å². The van der Waals surface area contributed by atoms with Crippen LogP contribution in [0.3, 0.4) is 0 Å². The van der Waals surface area contributed by atoms with E-state index in [1.807, 2.05) is 0 Å². The second kappa shape index (κ2) is 6.37. The highest BCUT2D eigenvalue weighted by Crippen LogP contribution is 2.19. The van der Waals surface area contributed by atoms with Crippen molar-refractivity contribution in [1.29, 1.82) is 0 Å². The van der Waals surface area contributed by atoms with Gasteiger partial charge in [0, 0.05) is 11.8 Å². The fourth-order valence-electron chi connectivity index (χ4n) is 2.12. The monoisotopic (exact) mass is 327 g/mol. The summed E-state index contributed by atoms with van der Waals surface area (Å²) in [7, 11) is 1.53. The lowest BCUT2D eigenvalue weighted by Gasteiger charge is -2.06. The molecule has 0 unspecified atom stereocenters. The Kier molecular flexibility index (Phi) is 4.11. The van der Waals surface area contributed by atoms with Crippen molar-refractivity contribution in [1.82, 2.24) is 15.0 Å². The standard InChI is InChI=1S/C16H14FN5O2/c1-24-13-4-2-3-11(9-13)19-16(23)14-15(18)22(21-20-14)12-7-5-10(17)6-8-12/h2-9H,18H2,1H3,(H,19,23). The first kappa shape index (κ1) is 15.5. The van der Waals surface area contributed by atoms with Gasteiger partial charge in [0.05, 0.1) is 12.8 Å². The normalized spacial score (nSPS) is 10.4. The Morgan fingerprint density at radius 1 is 1.25 bits per heavy atom. The van der Waals surface area contributed by atoms with Crippen LogP contribution in [0.2, 0.25) is 0 Å². The van der Waals surface area contributed by atoms with E-state index in [0.717, 1.165) is 0 Å². The number of carbonyl (C=O) groups excluding carboxylic acids is 1. The van der Waals surface area contributed by atoms with Crippen LogP contribution in [0.4, 0.5) is 15.9 Å². The topological polar surface area (TPSA) is 95.1 Å². The third-order valence-electron chi connectivity index (χ3n) is 3.32. The Bertz CT molecular complexity index is 876. The van der Waals surface area contributed by atoms with Gasteiger partial charge in [-0.2, -0.15) is 4.68 Å². The molecule has 8 heteroatoms. The van der Waals surface area contributed by atoms with E-state index in [1.54, 1.807) is 24.3 Å². The Hall–Kier alpha value is -3.42. The molecule has 0 atom stereocenters. The molecule has 0 bridgehead atoms. The molecule has 122 valence electrons. The zero-order chi connectivity index (χ0) is 17.1. The predicted molar refractivity (Wildman–Crippen MR) is 86.7 cm³/mol. The van der Waals surface area contributed by atoms with Crippen molar-refractivity contribution in [2.24, 2.45) is 0 Å². The van der Waals surface area contributed by atoms with Crippen LogP contribution < -0.4 is 15.8 Å². The SMILES string of the molecule is COc1cccc(NC(=O)c2nnn(-c3ccc(F)cc3)c2N)c1. The number of nitrogens with one attached hydrogen (secondary N) is 1. The highest BCUT2D eigenvalue weighted by Gasteiger charge is 2.18. The maximum atomic E-state index is 13.0. The fourth-order valence-corrected chi connectivity index (χ4v) is 2.12. The molecule has 3 aromatic rings. The second-order valence-corrected chi connectivity index (χ2v) is 4.90. The quantitative estimate of drug-likeness (QED) is 0.766. The summed E-state index contributed by atoms with van der Waals surface area (Å²) in [4.78, 5) is 12.3. The molecule has 3 rings (SSSR count). The summed E-state index contributed by atoms with van der Waals surface area (Å²) < 4.78 is 19.4. The summed E-state index contributed by atoms with van der Waals surface area (Å²) in [6.07, 6.45) is 0. The molecule has 0 spiro atoms. The Morgan fingerprint density at radius 3 is 2.71 bits per heavy atom. The number of aromatic nitrogens is 3. The number of halogens is 1. The fraction of sp³-hybridized carbons (Fsp3) is 0.0625. The number of nitrogens with zero attached hydrogens (tertiary/aromatic N) is 3. The number of hydrogen-bond donors (Lipinski definition) is 2. The average molecular weight is 327 g/mol. The van der Waals surface area contributed by atoms with Crippen molar-refractivity contribution in [3.05, 3.63) is 60.0 Å². The van der Waals surface area contributed by atoms with E-state index in [9.17, 15) is 9.18 Å². The van der Waals surface area contributed by atoms with E-state index in [1.165, 1.54) is 36.1 Å². The zero-order valence-corrected chi connectivity index (χ0v) is 12.7. The van der Waals surface area contributed by atoms with Gasteiger partial charge in [-0.3, -0.25) is 4.79 Å². The first-order valence-electron chi connectivity index (χ1n) is 7.01. The molecule has 0 radical (unpaired) electrons. The maximum Gasteiger partial charge on any atom is 0.280 e. The lowest BCUT2D eigenvalue weighted by Crippen LogP contribution is -2.15. The van der Waals surface area contributed by atoms with E-state index in [-0.39, 0.29) is 17.3 Å². The number of benzene rings is 2. The van der Waals surface area contributed by atoms with E-state index >= 15 is 0 Å². The van der Waals surface area contributed by atoms with Crippen molar-refractivity contribution >= 4 is 17.4 Å². The van der Waals surface area contributed by atoms with Gasteiger partial charge < -0.3 is 15.8 Å². The van der Waals surface area contributed by atoms with Gasteiger partial charge in [-0.15, -0.1) is 5.10 Å². The minimum atomic E-state index is -0.505. The van der Waals surface area contributed by atoms with Crippen molar-refractivity contribution in [2.75, 3.05) is 18.2 Å². The minimum Gasteiger partial charge on any atom is -0.497 e. The lowest BCUT2D eigenvalue weighted by molar-refractivity contribution is 0.102. The third-order valence-corrected chi connectivity index (χ3v) is 3.32. The van der Waals surface area contributed by atoms with E-state index in [4.69, 9.17) is 10.5 Å². The molecule has 0 saturated carbocycles. The molecule has 1 heterocycles. The number of rotatable bonds is 4. The van der Waals surface area contributed by atoms with E-state index in [0.29, 0.717) is 17.1 Å². The van der Waals surface area contributed by atoms with Gasteiger partial charge in [0.25, 0.3) is 5.91 Å². The van der Waals surface area contributed by atoms with Crippen molar-refractivity contribution in [3.63, 3.8) is 0 Å². The Balaban J connectivity index is 1.84. The van der Waals surface area contributed by atoms with E-state index < -0.39 is 5.91 Å². The summed E-state index contributed by atoms with van der Waals surface area (Å²) in [5.74, 6) is -0.222.